The fraction of sp³-hybridized carbons (Fsp3) is 0.417. The third kappa shape index (κ3) is 6.54. The highest BCUT2D eigenvalue weighted by molar-refractivity contribution is 7.86. The standard InChI is InChI=1S/C24H27Cl2NO7S/c1-5-32-24(29)22(34-35(4,30)31)21-23(28)27(13-14(2)3)19-11-10-15(25)12-17(19)20(33-21)16-8-6-7-9-18(16)26/h6-12,14,20-22H,5,13H2,1-4H3/t20?,21-,22+/m1/s1. The van der Waals surface area contributed by atoms with Crippen molar-refractivity contribution in [3.05, 3.63) is 63.6 Å². The van der Waals surface area contributed by atoms with Crippen LogP contribution >= 0.6 is 23.2 Å². The minimum Gasteiger partial charge on any atom is -0.464 e. The van der Waals surface area contributed by atoms with Crippen molar-refractivity contribution in [2.45, 2.75) is 39.1 Å². The van der Waals surface area contributed by atoms with Gasteiger partial charge in [0.05, 0.1) is 12.9 Å². The highest BCUT2D eigenvalue weighted by Gasteiger charge is 2.46. The molecule has 0 spiro atoms. The summed E-state index contributed by atoms with van der Waals surface area (Å²) in [6.07, 6.45) is -3.72. The number of hydrogen-bond acceptors (Lipinski definition) is 7. The second-order valence-electron chi connectivity index (χ2n) is 8.48. The molecule has 190 valence electrons. The Morgan fingerprint density at radius 2 is 1.83 bits per heavy atom. The van der Waals surface area contributed by atoms with Gasteiger partial charge in [-0.1, -0.05) is 55.2 Å². The van der Waals surface area contributed by atoms with Gasteiger partial charge in [-0.05, 0) is 37.1 Å². The van der Waals surface area contributed by atoms with Gasteiger partial charge in [-0.15, -0.1) is 0 Å². The van der Waals surface area contributed by atoms with Gasteiger partial charge < -0.3 is 14.4 Å². The van der Waals surface area contributed by atoms with Crippen LogP contribution < -0.4 is 4.90 Å². The van der Waals surface area contributed by atoms with E-state index in [1.165, 1.54) is 4.90 Å². The zero-order valence-electron chi connectivity index (χ0n) is 19.7. The lowest BCUT2D eigenvalue weighted by Gasteiger charge is -2.29. The lowest BCUT2D eigenvalue weighted by atomic mass is 9.99. The molecule has 0 aromatic heterocycles. The van der Waals surface area contributed by atoms with Crippen molar-refractivity contribution in [1.29, 1.82) is 0 Å². The maximum Gasteiger partial charge on any atom is 0.340 e. The quantitative estimate of drug-likeness (QED) is 0.359. The van der Waals surface area contributed by atoms with E-state index in [0.717, 1.165) is 6.26 Å². The van der Waals surface area contributed by atoms with E-state index in [0.29, 0.717) is 26.9 Å². The van der Waals surface area contributed by atoms with E-state index in [9.17, 15) is 18.0 Å². The second-order valence-corrected chi connectivity index (χ2v) is 10.9. The lowest BCUT2D eigenvalue weighted by molar-refractivity contribution is -0.165. The maximum atomic E-state index is 13.9. The Labute approximate surface area is 215 Å². The van der Waals surface area contributed by atoms with Crippen LogP contribution in [0.25, 0.3) is 0 Å². The van der Waals surface area contributed by atoms with Crippen molar-refractivity contribution in [1.82, 2.24) is 0 Å². The number of esters is 1. The number of ether oxygens (including phenoxy) is 2. The number of hydrogen-bond donors (Lipinski definition) is 0. The molecule has 0 bridgehead atoms. The van der Waals surface area contributed by atoms with Crippen LogP contribution in [0.4, 0.5) is 5.69 Å². The van der Waals surface area contributed by atoms with Gasteiger partial charge in [-0.2, -0.15) is 8.42 Å². The number of halogens is 2. The van der Waals surface area contributed by atoms with Crippen LogP contribution in [0.1, 0.15) is 38.0 Å². The van der Waals surface area contributed by atoms with E-state index in [1.807, 2.05) is 13.8 Å². The number of anilines is 1. The Bertz CT molecular complexity index is 1200. The van der Waals surface area contributed by atoms with Gasteiger partial charge in [0.2, 0.25) is 6.10 Å². The van der Waals surface area contributed by atoms with E-state index in [-0.39, 0.29) is 19.1 Å². The van der Waals surface area contributed by atoms with Crippen molar-refractivity contribution in [3.63, 3.8) is 0 Å². The predicted molar refractivity (Wildman–Crippen MR) is 133 cm³/mol. The molecule has 3 atom stereocenters. The van der Waals surface area contributed by atoms with Gasteiger partial charge >= 0.3 is 5.97 Å². The molecule has 11 heteroatoms. The molecule has 1 aliphatic heterocycles. The van der Waals surface area contributed by atoms with Gasteiger partial charge in [-0.3, -0.25) is 8.98 Å². The molecule has 1 heterocycles. The molecular formula is C24H27Cl2NO7S. The zero-order valence-corrected chi connectivity index (χ0v) is 22.1. The van der Waals surface area contributed by atoms with Gasteiger partial charge in [0, 0.05) is 33.4 Å². The van der Waals surface area contributed by atoms with Crippen LogP contribution in [0.15, 0.2) is 42.5 Å². The molecule has 0 radical (unpaired) electrons. The average molecular weight is 544 g/mol. The molecule has 2 aromatic rings. The number of fused-ring (bicyclic) bond motifs is 1. The van der Waals surface area contributed by atoms with E-state index >= 15 is 0 Å². The van der Waals surface area contributed by atoms with E-state index in [4.69, 9.17) is 36.9 Å². The number of rotatable bonds is 8. The van der Waals surface area contributed by atoms with E-state index < -0.39 is 40.3 Å². The molecule has 35 heavy (non-hydrogen) atoms. The Kier molecular flexibility index (Phi) is 8.82. The number of carbonyl (C=O) groups excluding carboxylic acids is 2. The summed E-state index contributed by atoms with van der Waals surface area (Å²) in [6, 6.07) is 11.8. The number of amides is 1. The third-order valence-corrected chi connectivity index (χ3v) is 6.30. The van der Waals surface area contributed by atoms with Crippen LogP contribution in [-0.4, -0.2) is 51.9 Å². The molecule has 0 aliphatic carbocycles. The summed E-state index contributed by atoms with van der Waals surface area (Å²) in [5, 5.41) is 0.748. The summed E-state index contributed by atoms with van der Waals surface area (Å²) >= 11 is 12.8. The first-order valence-electron chi connectivity index (χ1n) is 11.0. The minimum atomic E-state index is -4.18. The first-order chi connectivity index (χ1) is 16.4. The largest absolute Gasteiger partial charge is 0.464 e. The van der Waals surface area contributed by atoms with Crippen molar-refractivity contribution < 1.29 is 31.7 Å². The van der Waals surface area contributed by atoms with Crippen molar-refractivity contribution >= 4 is 50.9 Å². The molecule has 2 aromatic carbocycles. The summed E-state index contributed by atoms with van der Waals surface area (Å²) in [5.74, 6) is -1.67. The summed E-state index contributed by atoms with van der Waals surface area (Å²) in [5.41, 5.74) is 1.54. The number of nitrogens with zero attached hydrogens (tertiary/aromatic N) is 1. The molecule has 1 aliphatic rings. The monoisotopic (exact) mass is 543 g/mol. The zero-order chi connectivity index (χ0) is 25.9. The summed E-state index contributed by atoms with van der Waals surface area (Å²) in [7, 11) is -4.18. The fourth-order valence-corrected chi connectivity index (χ4v) is 4.81. The van der Waals surface area contributed by atoms with Crippen LogP contribution in [0.3, 0.4) is 0 Å². The van der Waals surface area contributed by atoms with Crippen molar-refractivity contribution in [2.75, 3.05) is 24.3 Å². The van der Waals surface area contributed by atoms with Crippen molar-refractivity contribution in [2.24, 2.45) is 5.92 Å². The van der Waals surface area contributed by atoms with E-state index in [2.05, 4.69) is 0 Å². The third-order valence-electron chi connectivity index (χ3n) is 5.16. The van der Waals surface area contributed by atoms with Crippen molar-refractivity contribution in [3.8, 4) is 0 Å². The molecule has 0 fully saturated rings. The van der Waals surface area contributed by atoms with Gasteiger partial charge in [0.25, 0.3) is 16.0 Å². The lowest BCUT2D eigenvalue weighted by Crippen LogP contribution is -2.51. The van der Waals surface area contributed by atoms with Crippen LogP contribution in [0.2, 0.25) is 10.0 Å². The summed E-state index contributed by atoms with van der Waals surface area (Å²) < 4.78 is 40.5. The Morgan fingerprint density at radius 1 is 1.14 bits per heavy atom. The SMILES string of the molecule is CCOC(=O)[C@@H](OS(C)(=O)=O)[C@H]1OC(c2ccccc2Cl)c2cc(Cl)ccc2N(CC(C)C)C1=O. The summed E-state index contributed by atoms with van der Waals surface area (Å²) in [4.78, 5) is 28.2. The molecule has 3 rings (SSSR count). The predicted octanol–water partition coefficient (Wildman–Crippen LogP) is 4.38. The first-order valence-corrected chi connectivity index (χ1v) is 13.6. The van der Waals surface area contributed by atoms with Gasteiger partial charge in [-0.25, -0.2) is 4.79 Å². The fourth-order valence-electron chi connectivity index (χ4n) is 3.84. The number of benzene rings is 2. The van der Waals surface area contributed by atoms with Gasteiger partial charge in [0.15, 0.2) is 6.10 Å². The summed E-state index contributed by atoms with van der Waals surface area (Å²) in [6.45, 7) is 5.61. The first kappa shape index (κ1) is 27.4. The smallest absolute Gasteiger partial charge is 0.340 e. The Balaban J connectivity index is 2.26. The highest BCUT2D eigenvalue weighted by Crippen LogP contribution is 2.42. The molecule has 0 saturated carbocycles. The topological polar surface area (TPSA) is 99.2 Å². The normalized spacial score (nSPS) is 19.3. The molecule has 0 saturated heterocycles. The van der Waals surface area contributed by atoms with E-state index in [1.54, 1.807) is 49.4 Å². The van der Waals surface area contributed by atoms with Gasteiger partial charge in [0.1, 0.15) is 6.10 Å². The highest BCUT2D eigenvalue weighted by atomic mass is 35.5. The van der Waals surface area contributed by atoms with Crippen LogP contribution in [0, 0.1) is 5.92 Å². The second kappa shape index (κ2) is 11.3. The molecule has 1 unspecified atom stereocenters. The Hall–Kier alpha value is -2.17. The molecule has 8 nitrogen and oxygen atoms in total. The maximum absolute atomic E-state index is 13.9. The number of carbonyl (C=O) groups is 2. The minimum absolute atomic E-state index is 0.0249. The Morgan fingerprint density at radius 3 is 2.43 bits per heavy atom. The van der Waals surface area contributed by atoms with Crippen LogP contribution in [-0.2, 0) is 33.4 Å². The average Bonchev–Trinajstić information content (AvgIpc) is 2.87. The molecular weight excluding hydrogens is 517 g/mol. The molecule has 1 amide bonds. The molecule has 0 N–H and O–H groups in total. The van der Waals surface area contributed by atoms with Crippen LogP contribution in [0.5, 0.6) is 0 Å².